The second-order valence-corrected chi connectivity index (χ2v) is 7.95. The van der Waals surface area contributed by atoms with Crippen LogP contribution in [0.5, 0.6) is 0 Å². The van der Waals surface area contributed by atoms with E-state index in [0.29, 0.717) is 34.3 Å². The molecule has 33 heavy (non-hydrogen) atoms. The number of nitrogens with zero attached hydrogens (tertiary/aromatic N) is 4. The average Bonchev–Trinajstić information content (AvgIpc) is 2.83. The van der Waals surface area contributed by atoms with E-state index in [0.717, 1.165) is 22.5 Å². The minimum atomic E-state index is -0.464. The maximum atomic E-state index is 8.14. The van der Waals surface area contributed by atoms with Gasteiger partial charge in [-0.15, -0.1) is 0 Å². The van der Waals surface area contributed by atoms with Crippen molar-refractivity contribution in [1.82, 2.24) is 25.3 Å². The number of likely N-dealkylation sites (N-methyl/N-ethyl adjacent to an activating group) is 1. The first kappa shape index (κ1) is 22.3. The van der Waals surface area contributed by atoms with E-state index in [4.69, 9.17) is 10.2 Å². The molecular formula is C24H26N8O. The smallest absolute Gasteiger partial charge is 0.171 e. The van der Waals surface area contributed by atoms with Crippen molar-refractivity contribution in [2.75, 3.05) is 17.8 Å². The number of hydrogen-bond acceptors (Lipinski definition) is 9. The molecule has 2 unspecified atom stereocenters. The van der Waals surface area contributed by atoms with Crippen LogP contribution in [-0.2, 0) is 4.84 Å². The number of hydrogen-bond donors (Lipinski definition) is 4. The van der Waals surface area contributed by atoms with Crippen molar-refractivity contribution in [3.05, 3.63) is 58.9 Å². The normalized spacial score (nSPS) is 15.4. The van der Waals surface area contributed by atoms with Crippen LogP contribution in [0.1, 0.15) is 42.2 Å². The largest absolute Gasteiger partial charge is 0.342 e. The highest BCUT2D eigenvalue weighted by atomic mass is 16.7. The third-order valence-corrected chi connectivity index (χ3v) is 5.21. The summed E-state index contributed by atoms with van der Waals surface area (Å²) >= 11 is 0. The van der Waals surface area contributed by atoms with Gasteiger partial charge in [-0.3, -0.25) is 10.5 Å². The minimum Gasteiger partial charge on any atom is -0.342 e. The van der Waals surface area contributed by atoms with E-state index in [9.17, 15) is 0 Å². The zero-order valence-electron chi connectivity index (χ0n) is 19.2. The molecule has 4 heterocycles. The minimum absolute atomic E-state index is 0.0593. The number of anilines is 2. The van der Waals surface area contributed by atoms with Gasteiger partial charge in [-0.25, -0.2) is 19.8 Å². The first-order valence-electron chi connectivity index (χ1n) is 10.6. The molecule has 2 bridgehead atoms. The molecule has 0 radical (unpaired) electrons. The monoisotopic (exact) mass is 442 g/mol. The second-order valence-electron chi connectivity index (χ2n) is 7.95. The van der Waals surface area contributed by atoms with Crippen LogP contribution in [0.15, 0.2) is 30.6 Å². The number of nitrogens with one attached hydrogen (secondary N) is 4. The number of rotatable bonds is 3. The van der Waals surface area contributed by atoms with Crippen LogP contribution in [0.3, 0.4) is 0 Å². The Bertz CT molecular complexity index is 1260. The van der Waals surface area contributed by atoms with Gasteiger partial charge in [-0.1, -0.05) is 5.92 Å². The van der Waals surface area contributed by atoms with Gasteiger partial charge in [-0.2, -0.15) is 0 Å². The maximum Gasteiger partial charge on any atom is 0.171 e. The highest BCUT2D eigenvalue weighted by molar-refractivity contribution is 6.02. The molecule has 9 nitrogen and oxygen atoms in total. The second kappa shape index (κ2) is 9.32. The molecule has 168 valence electrons. The van der Waals surface area contributed by atoms with Gasteiger partial charge < -0.3 is 16.0 Å². The molecule has 0 spiro atoms. The van der Waals surface area contributed by atoms with Crippen molar-refractivity contribution in [3.8, 4) is 23.1 Å². The van der Waals surface area contributed by atoms with Crippen LogP contribution < -0.4 is 16.1 Å². The molecular weight excluding hydrogens is 416 g/mol. The fraction of sp³-hybridized carbons (Fsp3) is 0.292. The molecule has 0 aliphatic carbocycles. The molecule has 9 heteroatoms. The fourth-order valence-corrected chi connectivity index (χ4v) is 3.51. The summed E-state index contributed by atoms with van der Waals surface area (Å²) in [5.41, 5.74) is 8.96. The zero-order chi connectivity index (χ0) is 23.5. The van der Waals surface area contributed by atoms with Crippen molar-refractivity contribution in [1.29, 1.82) is 5.41 Å². The topological polar surface area (TPSA) is 121 Å². The molecule has 0 saturated carbocycles. The van der Waals surface area contributed by atoms with E-state index < -0.39 is 6.23 Å². The first-order valence-corrected chi connectivity index (χ1v) is 10.6. The van der Waals surface area contributed by atoms with E-state index in [2.05, 4.69) is 47.9 Å². The summed E-state index contributed by atoms with van der Waals surface area (Å²) in [7, 11) is 1.85. The number of fused-ring (bicyclic) bond motifs is 4. The molecule has 4 rings (SSSR count). The SMILES string of the molecule is CNC(C)C1Nc2cc(cc(C#Cc3cc(C)nc(C)c3)n2)-c2ncnc(C(C)=N)c2NO1. The molecule has 3 aromatic heterocycles. The van der Waals surface area contributed by atoms with E-state index >= 15 is 0 Å². The van der Waals surface area contributed by atoms with Crippen LogP contribution in [0.25, 0.3) is 11.3 Å². The molecule has 0 fully saturated rings. The summed E-state index contributed by atoms with van der Waals surface area (Å²) in [4.78, 5) is 23.8. The van der Waals surface area contributed by atoms with Gasteiger partial charge in [0.15, 0.2) is 6.23 Å². The van der Waals surface area contributed by atoms with Crippen molar-refractivity contribution in [3.63, 3.8) is 0 Å². The first-order chi connectivity index (χ1) is 15.8. The Balaban J connectivity index is 1.86. The van der Waals surface area contributed by atoms with Crippen LogP contribution in [0.2, 0.25) is 0 Å². The Morgan fingerprint density at radius 2 is 1.88 bits per heavy atom. The van der Waals surface area contributed by atoms with Crippen LogP contribution in [0.4, 0.5) is 11.5 Å². The van der Waals surface area contributed by atoms with Gasteiger partial charge in [0.2, 0.25) is 0 Å². The predicted molar refractivity (Wildman–Crippen MR) is 128 cm³/mol. The summed E-state index contributed by atoms with van der Waals surface area (Å²) in [6, 6.07) is 7.60. The van der Waals surface area contributed by atoms with Crippen LogP contribution >= 0.6 is 0 Å². The van der Waals surface area contributed by atoms with Gasteiger partial charge in [-0.05, 0) is 64.9 Å². The molecule has 0 saturated heterocycles. The van der Waals surface area contributed by atoms with Crippen LogP contribution in [0, 0.1) is 31.1 Å². The molecule has 1 aliphatic heterocycles. The zero-order valence-corrected chi connectivity index (χ0v) is 19.2. The lowest BCUT2D eigenvalue weighted by atomic mass is 10.1. The van der Waals surface area contributed by atoms with Crippen molar-refractivity contribution in [2.24, 2.45) is 0 Å². The van der Waals surface area contributed by atoms with Crippen LogP contribution in [-0.4, -0.2) is 45.0 Å². The van der Waals surface area contributed by atoms with Gasteiger partial charge >= 0.3 is 0 Å². The van der Waals surface area contributed by atoms with E-state index in [1.165, 1.54) is 6.33 Å². The number of aryl methyl sites for hydroxylation is 2. The lowest BCUT2D eigenvalue weighted by Gasteiger charge is -2.25. The number of aromatic nitrogens is 4. The Morgan fingerprint density at radius 1 is 1.12 bits per heavy atom. The third kappa shape index (κ3) is 4.98. The number of pyridine rings is 2. The van der Waals surface area contributed by atoms with Gasteiger partial charge in [0.1, 0.15) is 29.2 Å². The highest BCUT2D eigenvalue weighted by Crippen LogP contribution is 2.32. The molecule has 2 atom stereocenters. The highest BCUT2D eigenvalue weighted by Gasteiger charge is 2.24. The lowest BCUT2D eigenvalue weighted by molar-refractivity contribution is 0.0954. The summed E-state index contributed by atoms with van der Waals surface area (Å²) < 4.78 is 0. The molecule has 0 amide bonds. The van der Waals surface area contributed by atoms with Crippen molar-refractivity contribution >= 4 is 17.2 Å². The van der Waals surface area contributed by atoms with Crippen molar-refractivity contribution < 1.29 is 4.84 Å². The summed E-state index contributed by atoms with van der Waals surface area (Å²) in [5, 5.41) is 14.6. The van der Waals surface area contributed by atoms with E-state index in [1.54, 1.807) is 6.92 Å². The molecule has 3 aromatic rings. The lowest BCUT2D eigenvalue weighted by Crippen LogP contribution is -2.43. The standard InChI is InChI=1S/C24H26N8O/c1-13-8-17(9-14(2)29-13)6-7-19-10-18-11-20(30-19)31-24(16(4)26-5)33-32-23-21(15(3)25)27-12-28-22(18)23/h8-12,16,24-26,32H,1-5H3,(H,30,31). The Kier molecular flexibility index (Phi) is 6.31. The van der Waals surface area contributed by atoms with Gasteiger partial charge in [0, 0.05) is 22.5 Å². The van der Waals surface area contributed by atoms with E-state index in [-0.39, 0.29) is 6.04 Å². The van der Waals surface area contributed by atoms with Gasteiger partial charge in [0.25, 0.3) is 0 Å². The van der Waals surface area contributed by atoms with Crippen molar-refractivity contribution in [2.45, 2.75) is 40.0 Å². The average molecular weight is 443 g/mol. The molecule has 1 aliphatic rings. The Morgan fingerprint density at radius 3 is 2.58 bits per heavy atom. The summed E-state index contributed by atoms with van der Waals surface area (Å²) in [6.07, 6.45) is 0.982. The predicted octanol–water partition coefficient (Wildman–Crippen LogP) is 3.04. The Labute approximate surface area is 192 Å². The summed E-state index contributed by atoms with van der Waals surface area (Å²) in [5.74, 6) is 6.96. The maximum absolute atomic E-state index is 8.14. The van der Waals surface area contributed by atoms with Gasteiger partial charge in [0.05, 0.1) is 17.4 Å². The molecule has 4 N–H and O–H groups in total. The quantitative estimate of drug-likeness (QED) is 0.361. The summed E-state index contributed by atoms with van der Waals surface area (Å²) in [6.45, 7) is 7.56. The van der Waals surface area contributed by atoms with E-state index in [1.807, 2.05) is 52.1 Å². The fourth-order valence-electron chi connectivity index (χ4n) is 3.51. The third-order valence-electron chi connectivity index (χ3n) is 5.21. The Hall–Kier alpha value is -3.87. The molecule has 0 aromatic carbocycles.